The van der Waals surface area contributed by atoms with Crippen LogP contribution in [0.3, 0.4) is 0 Å². The van der Waals surface area contributed by atoms with Crippen LogP contribution >= 0.6 is 11.6 Å². The Labute approximate surface area is 140 Å². The number of nitrogens with one attached hydrogen (secondary N) is 2. The number of amides is 1. The van der Waals surface area contributed by atoms with Crippen molar-refractivity contribution < 1.29 is 4.79 Å². The Bertz CT molecular complexity index is 751. The summed E-state index contributed by atoms with van der Waals surface area (Å²) in [5.41, 5.74) is 2.60. The molecule has 4 rings (SSSR count). The van der Waals surface area contributed by atoms with Crippen LogP contribution in [0.15, 0.2) is 24.3 Å². The molecule has 0 spiro atoms. The van der Waals surface area contributed by atoms with Crippen molar-refractivity contribution in [3.63, 3.8) is 0 Å². The molecule has 1 aliphatic heterocycles. The standard InChI is InChI=1S/C18H20ClN3O/c19-12-3-4-16-14(9-12)15(10-17(22-16)11-1-2-11)18(23)21-13-5-7-20-8-6-13/h3-4,9-11,13,20H,1-2,5-8H2,(H,21,23). The number of fused-ring (bicyclic) bond motifs is 1. The maximum absolute atomic E-state index is 12.8. The first kappa shape index (κ1) is 14.9. The van der Waals surface area contributed by atoms with Gasteiger partial charge in [0.25, 0.3) is 5.91 Å². The van der Waals surface area contributed by atoms with Gasteiger partial charge in [-0.1, -0.05) is 11.6 Å². The predicted molar refractivity (Wildman–Crippen MR) is 92.1 cm³/mol. The molecule has 1 saturated carbocycles. The van der Waals surface area contributed by atoms with Gasteiger partial charge in [0.15, 0.2) is 0 Å². The number of hydrogen-bond donors (Lipinski definition) is 2. The van der Waals surface area contributed by atoms with Gasteiger partial charge in [0, 0.05) is 28.1 Å². The van der Waals surface area contributed by atoms with Gasteiger partial charge >= 0.3 is 0 Å². The normalized spacial score (nSPS) is 19.0. The van der Waals surface area contributed by atoms with Gasteiger partial charge in [-0.3, -0.25) is 9.78 Å². The molecule has 0 atom stereocenters. The third-order valence-corrected chi connectivity index (χ3v) is 4.94. The maximum atomic E-state index is 12.8. The highest BCUT2D eigenvalue weighted by atomic mass is 35.5. The molecule has 5 heteroatoms. The molecule has 4 nitrogen and oxygen atoms in total. The molecule has 2 heterocycles. The number of carbonyl (C=O) groups excluding carboxylic acids is 1. The molecule has 23 heavy (non-hydrogen) atoms. The molecule has 1 amide bonds. The zero-order chi connectivity index (χ0) is 15.8. The molecule has 0 unspecified atom stereocenters. The first-order valence-corrected chi connectivity index (χ1v) is 8.70. The summed E-state index contributed by atoms with van der Waals surface area (Å²) in [5.74, 6) is 0.508. The number of halogens is 1. The van der Waals surface area contributed by atoms with Crippen molar-refractivity contribution in [2.24, 2.45) is 0 Å². The lowest BCUT2D eigenvalue weighted by Crippen LogP contribution is -2.42. The highest BCUT2D eigenvalue weighted by molar-refractivity contribution is 6.31. The van der Waals surface area contributed by atoms with E-state index in [4.69, 9.17) is 16.6 Å². The van der Waals surface area contributed by atoms with Crippen LogP contribution < -0.4 is 10.6 Å². The summed E-state index contributed by atoms with van der Waals surface area (Å²) in [6.07, 6.45) is 4.29. The Morgan fingerprint density at radius 1 is 1.17 bits per heavy atom. The highest BCUT2D eigenvalue weighted by Gasteiger charge is 2.27. The molecule has 2 N–H and O–H groups in total. The molecule has 1 aromatic carbocycles. The summed E-state index contributed by atoms with van der Waals surface area (Å²) in [4.78, 5) is 17.6. The fraction of sp³-hybridized carbons (Fsp3) is 0.444. The number of aromatic nitrogens is 1. The van der Waals surface area contributed by atoms with Gasteiger partial charge < -0.3 is 10.6 Å². The van der Waals surface area contributed by atoms with Crippen LogP contribution in [-0.2, 0) is 0 Å². The second-order valence-corrected chi connectivity index (χ2v) is 6.96. The average Bonchev–Trinajstić information content (AvgIpc) is 3.39. The molecule has 2 fully saturated rings. The van der Waals surface area contributed by atoms with Gasteiger partial charge in [-0.05, 0) is 63.0 Å². The van der Waals surface area contributed by atoms with Gasteiger partial charge in [-0.15, -0.1) is 0 Å². The Kier molecular flexibility index (Phi) is 3.95. The van der Waals surface area contributed by atoms with E-state index in [9.17, 15) is 4.79 Å². The quantitative estimate of drug-likeness (QED) is 0.909. The lowest BCUT2D eigenvalue weighted by molar-refractivity contribution is 0.0931. The summed E-state index contributed by atoms with van der Waals surface area (Å²) in [7, 11) is 0. The molecule has 120 valence electrons. The maximum Gasteiger partial charge on any atom is 0.252 e. The third-order valence-electron chi connectivity index (χ3n) is 4.71. The molecule has 0 radical (unpaired) electrons. The van der Waals surface area contributed by atoms with Gasteiger partial charge in [0.1, 0.15) is 0 Å². The summed E-state index contributed by atoms with van der Waals surface area (Å²) in [6, 6.07) is 7.80. The molecule has 2 aromatic rings. The number of benzene rings is 1. The van der Waals surface area contributed by atoms with Crippen LogP contribution in [0.25, 0.3) is 10.9 Å². The molecule has 0 bridgehead atoms. The average molecular weight is 330 g/mol. The minimum Gasteiger partial charge on any atom is -0.349 e. The topological polar surface area (TPSA) is 54.0 Å². The number of hydrogen-bond acceptors (Lipinski definition) is 3. The molecular weight excluding hydrogens is 310 g/mol. The number of pyridine rings is 1. The Morgan fingerprint density at radius 2 is 1.96 bits per heavy atom. The van der Waals surface area contributed by atoms with E-state index in [1.165, 1.54) is 12.8 Å². The van der Waals surface area contributed by atoms with Crippen molar-refractivity contribution in [1.29, 1.82) is 0 Å². The number of nitrogens with zero attached hydrogens (tertiary/aromatic N) is 1. The van der Waals surface area contributed by atoms with E-state index in [-0.39, 0.29) is 11.9 Å². The van der Waals surface area contributed by atoms with E-state index in [0.29, 0.717) is 16.5 Å². The largest absolute Gasteiger partial charge is 0.349 e. The van der Waals surface area contributed by atoms with Crippen molar-refractivity contribution in [2.75, 3.05) is 13.1 Å². The Hall–Kier alpha value is -1.65. The number of carbonyl (C=O) groups is 1. The van der Waals surface area contributed by atoms with Gasteiger partial charge in [0.2, 0.25) is 0 Å². The third kappa shape index (κ3) is 3.19. The van der Waals surface area contributed by atoms with Crippen LogP contribution in [0.4, 0.5) is 0 Å². The van der Waals surface area contributed by atoms with Gasteiger partial charge in [-0.25, -0.2) is 0 Å². The molecule has 1 aliphatic carbocycles. The molecule has 1 saturated heterocycles. The van der Waals surface area contributed by atoms with E-state index in [1.54, 1.807) is 0 Å². The van der Waals surface area contributed by atoms with E-state index >= 15 is 0 Å². The van der Waals surface area contributed by atoms with Crippen LogP contribution in [0.5, 0.6) is 0 Å². The smallest absolute Gasteiger partial charge is 0.252 e. The Morgan fingerprint density at radius 3 is 2.70 bits per heavy atom. The lowest BCUT2D eigenvalue weighted by Gasteiger charge is -2.24. The first-order chi connectivity index (χ1) is 11.2. The van der Waals surface area contributed by atoms with Crippen LogP contribution in [0.2, 0.25) is 5.02 Å². The van der Waals surface area contributed by atoms with E-state index < -0.39 is 0 Å². The van der Waals surface area contributed by atoms with E-state index in [0.717, 1.165) is 42.5 Å². The fourth-order valence-corrected chi connectivity index (χ4v) is 3.40. The van der Waals surface area contributed by atoms with Crippen molar-refractivity contribution in [1.82, 2.24) is 15.6 Å². The predicted octanol–water partition coefficient (Wildman–Crippen LogP) is 3.25. The van der Waals surface area contributed by atoms with Gasteiger partial charge in [-0.2, -0.15) is 0 Å². The van der Waals surface area contributed by atoms with Crippen LogP contribution in [0.1, 0.15) is 47.7 Å². The minimum atomic E-state index is -0.00605. The van der Waals surface area contributed by atoms with E-state index in [2.05, 4.69) is 10.6 Å². The summed E-state index contributed by atoms with van der Waals surface area (Å²) in [6.45, 7) is 1.92. The SMILES string of the molecule is O=C(NC1CCNCC1)c1cc(C2CC2)nc2ccc(Cl)cc12. The van der Waals surface area contributed by atoms with E-state index in [1.807, 2.05) is 24.3 Å². The van der Waals surface area contributed by atoms with Crippen molar-refractivity contribution in [3.8, 4) is 0 Å². The van der Waals surface area contributed by atoms with Crippen molar-refractivity contribution in [2.45, 2.75) is 37.6 Å². The Balaban J connectivity index is 1.70. The number of piperidine rings is 1. The second-order valence-electron chi connectivity index (χ2n) is 6.53. The summed E-state index contributed by atoms with van der Waals surface area (Å²) >= 11 is 6.13. The minimum absolute atomic E-state index is 0.00605. The lowest BCUT2D eigenvalue weighted by atomic mass is 10.0. The highest BCUT2D eigenvalue weighted by Crippen LogP contribution is 2.40. The van der Waals surface area contributed by atoms with Crippen LogP contribution in [-0.4, -0.2) is 30.0 Å². The van der Waals surface area contributed by atoms with Gasteiger partial charge in [0.05, 0.1) is 11.1 Å². The fourth-order valence-electron chi connectivity index (χ4n) is 3.22. The summed E-state index contributed by atoms with van der Waals surface area (Å²) in [5, 5.41) is 7.98. The zero-order valence-corrected chi connectivity index (χ0v) is 13.7. The second kappa shape index (κ2) is 6.10. The molecule has 2 aliphatic rings. The van der Waals surface area contributed by atoms with Crippen molar-refractivity contribution in [3.05, 3.63) is 40.5 Å². The monoisotopic (exact) mass is 329 g/mol. The van der Waals surface area contributed by atoms with Crippen molar-refractivity contribution >= 4 is 28.4 Å². The first-order valence-electron chi connectivity index (χ1n) is 8.32. The molecular formula is C18H20ClN3O. The number of rotatable bonds is 3. The zero-order valence-electron chi connectivity index (χ0n) is 12.9. The molecule has 1 aromatic heterocycles. The van der Waals surface area contributed by atoms with Crippen LogP contribution in [0, 0.1) is 0 Å². The summed E-state index contributed by atoms with van der Waals surface area (Å²) < 4.78 is 0.